The average Bonchev–Trinajstić information content (AvgIpc) is 3.83. The second-order valence-electron chi connectivity index (χ2n) is 10.5. The topological polar surface area (TPSA) is 310 Å². The number of hydrogen-bond donors (Lipinski definition) is 7. The van der Waals surface area contributed by atoms with E-state index < -0.39 is 75.9 Å². The van der Waals surface area contributed by atoms with Crippen LogP contribution in [0.1, 0.15) is 12.5 Å². The van der Waals surface area contributed by atoms with Gasteiger partial charge in [-0.25, -0.2) is 29.3 Å². The van der Waals surface area contributed by atoms with Crippen molar-refractivity contribution >= 4 is 42.9 Å². The number of nitrogens with one attached hydrogen (secondary N) is 2. The molecule has 8 N–H and O–H groups in total. The molecule has 48 heavy (non-hydrogen) atoms. The van der Waals surface area contributed by atoms with Gasteiger partial charge in [-0.1, -0.05) is 0 Å². The van der Waals surface area contributed by atoms with Crippen molar-refractivity contribution in [3.63, 3.8) is 0 Å². The van der Waals surface area contributed by atoms with Gasteiger partial charge < -0.3 is 39.9 Å². The summed E-state index contributed by atoms with van der Waals surface area (Å²) in [5.41, 5.74) is 5.41. The number of imidazole rings is 2. The van der Waals surface area contributed by atoms with E-state index in [1.807, 2.05) is 0 Å². The highest BCUT2D eigenvalue weighted by Crippen LogP contribution is 2.57. The molecule has 2 saturated heterocycles. The van der Waals surface area contributed by atoms with Crippen molar-refractivity contribution in [2.24, 2.45) is 0 Å². The number of fused-ring (bicyclic) bond motifs is 1. The second-order valence-corrected chi connectivity index (χ2v) is 16.2. The Balaban J connectivity index is 1.21. The number of phosphoric acid groups is 1. The molecule has 2 unspecified atom stereocenters. The van der Waals surface area contributed by atoms with Gasteiger partial charge in [0.1, 0.15) is 54.2 Å². The van der Waals surface area contributed by atoms with Gasteiger partial charge in [-0.3, -0.25) is 37.5 Å². The maximum atomic E-state index is 13.3. The Bertz CT molecular complexity index is 1980. The maximum absolute atomic E-state index is 13.3. The van der Waals surface area contributed by atoms with Gasteiger partial charge in [-0.15, -0.1) is 0 Å². The Morgan fingerprint density at radius 2 is 1.83 bits per heavy atom. The van der Waals surface area contributed by atoms with E-state index in [4.69, 9.17) is 34.4 Å². The molecule has 2 aliphatic rings. The Morgan fingerprint density at radius 3 is 2.54 bits per heavy atom. The van der Waals surface area contributed by atoms with E-state index in [2.05, 4.69) is 24.9 Å². The molecule has 0 spiro atoms. The van der Waals surface area contributed by atoms with Gasteiger partial charge in [0.15, 0.2) is 23.9 Å². The van der Waals surface area contributed by atoms with E-state index >= 15 is 0 Å². The van der Waals surface area contributed by atoms with E-state index in [0.29, 0.717) is 11.4 Å². The Hall–Kier alpha value is -3.31. The number of anilines is 1. The summed E-state index contributed by atoms with van der Waals surface area (Å²) in [5.74, 6) is -0.168. The standard InChI is InChI=1S/C23H30N10O12P2S/c1-41-18-17(45-47(39,40)42-6-11-15(34)16(35)21(43-11)32-4-2-13(24)30-23(32)36)12(7-48-46(37,38)31-5-3-26-9-31)44-22(18)33-10-29-14-19(25)27-8-28-20(14)33/h2-5,8-12,15-18,21-22,34-35H,6-7H2,1H3,(H,37,38)(H,39,40)(H2,24,30,36)(H2,25,27,28)/t11-,12-,15-,16-,17-,18-,21-,22-/m1/s1. The third-order valence-electron chi connectivity index (χ3n) is 7.55. The molecule has 0 aliphatic carbocycles. The van der Waals surface area contributed by atoms with Crippen LogP contribution < -0.4 is 16.9 Å². The van der Waals surface area contributed by atoms with Crippen LogP contribution in [0.4, 0.5) is 5.82 Å². The highest BCUT2D eigenvalue weighted by Gasteiger charge is 2.52. The molecule has 4 aromatic heterocycles. The number of methoxy groups -OCH3 is 1. The lowest BCUT2D eigenvalue weighted by molar-refractivity contribution is -0.0606. The van der Waals surface area contributed by atoms with Gasteiger partial charge in [-0.2, -0.15) is 0 Å². The molecule has 0 radical (unpaired) electrons. The minimum absolute atomic E-state index is 0.0838. The number of hydrogen-bond acceptors (Lipinski definition) is 17. The van der Waals surface area contributed by atoms with Crippen LogP contribution >= 0.6 is 25.9 Å². The quantitative estimate of drug-likeness (QED) is 0.0832. The third kappa shape index (κ3) is 6.77. The maximum Gasteiger partial charge on any atom is 0.472 e. The fraction of sp³-hybridized carbons (Fsp3) is 0.478. The first kappa shape index (κ1) is 34.5. The fourth-order valence-corrected chi connectivity index (χ4v) is 9.07. The lowest BCUT2D eigenvalue weighted by Gasteiger charge is -2.26. The SMILES string of the molecule is CO[C@@H]1[C@H](OP(=O)(O)OC[C@H]2O[C@@H](n3ccc(=N)[nH]c3=O)[C@H](O)[C@@H]2O)[C@@H](CSP(=O)(O)n2ccnc2)O[C@H]1n1cnc2c(N)ncnc21. The van der Waals surface area contributed by atoms with Crippen LogP contribution in [0.2, 0.25) is 0 Å². The molecule has 22 nitrogen and oxygen atoms in total. The van der Waals surface area contributed by atoms with Crippen LogP contribution in [-0.4, -0.2) is 114 Å². The number of H-pyrrole nitrogens is 1. The van der Waals surface area contributed by atoms with Crippen LogP contribution in [-0.2, 0) is 32.4 Å². The van der Waals surface area contributed by atoms with Crippen molar-refractivity contribution in [2.45, 2.75) is 49.1 Å². The highest BCUT2D eigenvalue weighted by molar-refractivity contribution is 8.55. The monoisotopic (exact) mass is 732 g/mol. The lowest BCUT2D eigenvalue weighted by Crippen LogP contribution is -2.38. The Kier molecular flexibility index (Phi) is 9.74. The molecule has 6 heterocycles. The lowest BCUT2D eigenvalue weighted by atomic mass is 10.1. The summed E-state index contributed by atoms with van der Waals surface area (Å²) in [6, 6.07) is 1.22. The summed E-state index contributed by atoms with van der Waals surface area (Å²) in [5, 5.41) is 28.6. The molecular weight excluding hydrogens is 702 g/mol. The summed E-state index contributed by atoms with van der Waals surface area (Å²) >= 11 is 0.584. The molecule has 0 saturated carbocycles. The fourth-order valence-electron chi connectivity index (χ4n) is 5.23. The van der Waals surface area contributed by atoms with Gasteiger partial charge >= 0.3 is 20.2 Å². The summed E-state index contributed by atoms with van der Waals surface area (Å²) < 4.78 is 57.8. The number of nitrogen functional groups attached to an aromatic ring is 1. The van der Waals surface area contributed by atoms with Gasteiger partial charge in [0, 0.05) is 31.5 Å². The normalized spacial score (nSPS) is 30.0. The first-order chi connectivity index (χ1) is 22.8. The molecule has 2 aliphatic heterocycles. The smallest absolute Gasteiger partial charge is 0.387 e. The molecule has 25 heteroatoms. The van der Waals surface area contributed by atoms with Crippen molar-refractivity contribution in [3.05, 3.63) is 59.6 Å². The molecule has 4 aromatic rings. The molecule has 0 bridgehead atoms. The summed E-state index contributed by atoms with van der Waals surface area (Å²) in [6.45, 7) is -4.87. The molecule has 0 aromatic carbocycles. The zero-order chi connectivity index (χ0) is 34.4. The van der Waals surface area contributed by atoms with E-state index in [-0.39, 0.29) is 28.2 Å². The van der Waals surface area contributed by atoms with E-state index in [1.54, 1.807) is 0 Å². The van der Waals surface area contributed by atoms with Crippen LogP contribution in [0.25, 0.3) is 11.2 Å². The van der Waals surface area contributed by atoms with Crippen LogP contribution in [0.15, 0.2) is 48.4 Å². The van der Waals surface area contributed by atoms with Crippen molar-refractivity contribution < 1.29 is 52.4 Å². The number of phosphoric ester groups is 1. The van der Waals surface area contributed by atoms with Gasteiger partial charge in [0.2, 0.25) is 0 Å². The first-order valence-electron chi connectivity index (χ1n) is 13.9. The predicted molar refractivity (Wildman–Crippen MR) is 162 cm³/mol. The van der Waals surface area contributed by atoms with Gasteiger partial charge in [0.25, 0.3) is 0 Å². The van der Waals surface area contributed by atoms with E-state index in [1.165, 1.54) is 49.0 Å². The Morgan fingerprint density at radius 1 is 1.06 bits per heavy atom. The number of nitrogens with zero attached hydrogens (tertiary/aromatic N) is 7. The molecule has 6 rings (SSSR count). The summed E-state index contributed by atoms with van der Waals surface area (Å²) in [4.78, 5) is 52.0. The van der Waals surface area contributed by atoms with E-state index in [0.717, 1.165) is 15.2 Å². The number of aromatic amines is 1. The molecule has 0 amide bonds. The minimum Gasteiger partial charge on any atom is -0.387 e. The molecule has 260 valence electrons. The largest absolute Gasteiger partial charge is 0.472 e. The minimum atomic E-state index is -5.07. The second kappa shape index (κ2) is 13.5. The summed E-state index contributed by atoms with van der Waals surface area (Å²) in [7, 11) is -3.78. The number of aliphatic hydroxyl groups excluding tert-OH is 2. The number of rotatable bonds is 12. The Labute approximate surface area is 272 Å². The number of aromatic nitrogens is 8. The summed E-state index contributed by atoms with van der Waals surface area (Å²) in [6.07, 6.45) is -3.42. The first-order valence-corrected chi connectivity index (χ1v) is 18.6. The van der Waals surface area contributed by atoms with Gasteiger partial charge in [-0.05, 0) is 17.4 Å². The van der Waals surface area contributed by atoms with Crippen molar-refractivity contribution in [2.75, 3.05) is 25.2 Å². The molecular formula is C23H30N10O12P2S. The number of aliphatic hydroxyl groups is 2. The zero-order valence-electron chi connectivity index (χ0n) is 24.6. The van der Waals surface area contributed by atoms with Gasteiger partial charge in [0.05, 0.1) is 19.0 Å². The molecule has 2 fully saturated rings. The van der Waals surface area contributed by atoms with E-state index in [9.17, 15) is 33.9 Å². The third-order valence-corrected chi connectivity index (χ3v) is 12.2. The number of nitrogens with two attached hydrogens (primary N) is 1. The van der Waals surface area contributed by atoms with Crippen LogP contribution in [0.3, 0.4) is 0 Å². The number of ether oxygens (including phenoxy) is 3. The van der Waals surface area contributed by atoms with Crippen LogP contribution in [0.5, 0.6) is 0 Å². The van der Waals surface area contributed by atoms with Crippen molar-refractivity contribution in [3.8, 4) is 0 Å². The van der Waals surface area contributed by atoms with Crippen molar-refractivity contribution in [1.29, 1.82) is 5.41 Å². The molecule has 10 atom stereocenters. The van der Waals surface area contributed by atoms with Crippen molar-refractivity contribution in [1.82, 2.24) is 38.4 Å². The average molecular weight is 733 g/mol. The van der Waals surface area contributed by atoms with Crippen LogP contribution in [0, 0.1) is 5.41 Å². The predicted octanol–water partition coefficient (Wildman–Crippen LogP) is -1.31. The highest BCUT2D eigenvalue weighted by atomic mass is 32.7. The zero-order valence-corrected chi connectivity index (χ0v) is 27.2.